The zero-order chi connectivity index (χ0) is 16.4. The van der Waals surface area contributed by atoms with E-state index in [0.717, 1.165) is 12.1 Å². The second kappa shape index (κ2) is 6.04. The van der Waals surface area contributed by atoms with E-state index in [-0.39, 0.29) is 17.2 Å². The third-order valence-electron chi connectivity index (χ3n) is 4.90. The summed E-state index contributed by atoms with van der Waals surface area (Å²) in [5, 5.41) is 0. The van der Waals surface area contributed by atoms with E-state index in [1.165, 1.54) is 11.1 Å². The normalized spacial score (nSPS) is 16.6. The number of aliphatic imine (C=N–C) groups is 1. The maximum absolute atomic E-state index is 13.6. The first-order valence-corrected chi connectivity index (χ1v) is 8.19. The Hall–Kier alpha value is -2.74. The summed E-state index contributed by atoms with van der Waals surface area (Å²) < 4.78 is 13.6. The van der Waals surface area contributed by atoms with Crippen LogP contribution in [0.3, 0.4) is 0 Å². The Morgan fingerprint density at radius 1 is 0.708 bits per heavy atom. The van der Waals surface area contributed by atoms with E-state index >= 15 is 0 Å². The molecule has 1 nitrogen and oxygen atoms in total. The molecule has 2 heteroatoms. The van der Waals surface area contributed by atoms with E-state index in [2.05, 4.69) is 53.5 Å². The van der Waals surface area contributed by atoms with Crippen molar-refractivity contribution in [1.29, 1.82) is 0 Å². The molecule has 0 aliphatic carbocycles. The smallest absolute Gasteiger partial charge is 0.123 e. The van der Waals surface area contributed by atoms with Gasteiger partial charge in [-0.25, -0.2) is 4.39 Å². The molecule has 0 spiro atoms. The van der Waals surface area contributed by atoms with Crippen LogP contribution in [0, 0.1) is 11.7 Å². The summed E-state index contributed by atoms with van der Waals surface area (Å²) in [5.74, 6) is 0.0452. The molecule has 3 aromatic carbocycles. The number of benzene rings is 3. The zero-order valence-corrected chi connectivity index (χ0v) is 13.3. The first kappa shape index (κ1) is 14.8. The van der Waals surface area contributed by atoms with Crippen molar-refractivity contribution < 1.29 is 4.39 Å². The minimum Gasteiger partial charge on any atom is -0.296 e. The van der Waals surface area contributed by atoms with Gasteiger partial charge in [0.2, 0.25) is 0 Å². The van der Waals surface area contributed by atoms with Crippen LogP contribution >= 0.6 is 0 Å². The molecule has 1 heterocycles. The van der Waals surface area contributed by atoms with Gasteiger partial charge in [0.15, 0.2) is 0 Å². The van der Waals surface area contributed by atoms with Crippen molar-refractivity contribution in [3.8, 4) is 0 Å². The largest absolute Gasteiger partial charge is 0.296 e. The van der Waals surface area contributed by atoms with Gasteiger partial charge in [0, 0.05) is 18.7 Å². The Labute approximate surface area is 141 Å². The third kappa shape index (κ3) is 2.26. The lowest BCUT2D eigenvalue weighted by Gasteiger charge is -2.43. The van der Waals surface area contributed by atoms with Gasteiger partial charge in [-0.2, -0.15) is 0 Å². The predicted molar refractivity (Wildman–Crippen MR) is 96.0 cm³/mol. The van der Waals surface area contributed by atoms with Gasteiger partial charge in [-0.05, 0) is 28.8 Å². The standard InChI is InChI=1S/C22H18FN/c23-21-13-11-19(12-14-21)22(20-15-24-16-20,17-7-3-1-4-8-17)18-9-5-2-6-10-18/h1-15,20H,16H2. The van der Waals surface area contributed by atoms with Crippen LogP contribution in [0.4, 0.5) is 4.39 Å². The molecule has 0 fully saturated rings. The lowest BCUT2D eigenvalue weighted by molar-refractivity contribution is 0.461. The Bertz CT molecular complexity index is 799. The van der Waals surface area contributed by atoms with E-state index in [1.807, 2.05) is 30.5 Å². The second-order valence-corrected chi connectivity index (χ2v) is 6.17. The van der Waals surface area contributed by atoms with E-state index in [4.69, 9.17) is 0 Å². The minimum atomic E-state index is -0.349. The van der Waals surface area contributed by atoms with Crippen molar-refractivity contribution >= 4 is 6.21 Å². The topological polar surface area (TPSA) is 12.4 Å². The Balaban J connectivity index is 2.03. The van der Waals surface area contributed by atoms with Crippen molar-refractivity contribution in [2.45, 2.75) is 5.41 Å². The van der Waals surface area contributed by atoms with E-state index in [1.54, 1.807) is 12.1 Å². The maximum Gasteiger partial charge on any atom is 0.123 e. The number of halogens is 1. The highest BCUT2D eigenvalue weighted by molar-refractivity contribution is 5.74. The number of hydrogen-bond donors (Lipinski definition) is 0. The number of hydrogen-bond acceptors (Lipinski definition) is 1. The molecule has 1 unspecified atom stereocenters. The fraction of sp³-hybridized carbons (Fsp3) is 0.136. The monoisotopic (exact) mass is 315 g/mol. The molecule has 0 amide bonds. The van der Waals surface area contributed by atoms with Gasteiger partial charge in [0.1, 0.15) is 5.82 Å². The summed E-state index contributed by atoms with van der Waals surface area (Å²) in [6, 6.07) is 27.8. The fourth-order valence-corrected chi connectivity index (χ4v) is 3.72. The van der Waals surface area contributed by atoms with Crippen molar-refractivity contribution in [3.63, 3.8) is 0 Å². The van der Waals surface area contributed by atoms with E-state index in [0.29, 0.717) is 0 Å². The Morgan fingerprint density at radius 3 is 1.58 bits per heavy atom. The molecule has 1 atom stereocenters. The van der Waals surface area contributed by atoms with Gasteiger partial charge in [-0.1, -0.05) is 72.8 Å². The molecule has 0 radical (unpaired) electrons. The Morgan fingerprint density at radius 2 is 1.17 bits per heavy atom. The van der Waals surface area contributed by atoms with Gasteiger partial charge >= 0.3 is 0 Å². The molecule has 1 aliphatic rings. The van der Waals surface area contributed by atoms with Crippen molar-refractivity contribution in [2.24, 2.45) is 10.9 Å². The quantitative estimate of drug-likeness (QED) is 0.610. The molecule has 0 bridgehead atoms. The zero-order valence-electron chi connectivity index (χ0n) is 13.3. The second-order valence-electron chi connectivity index (χ2n) is 6.17. The van der Waals surface area contributed by atoms with E-state index < -0.39 is 0 Å². The van der Waals surface area contributed by atoms with Crippen molar-refractivity contribution in [1.82, 2.24) is 0 Å². The average molecular weight is 315 g/mol. The molecule has 118 valence electrons. The summed E-state index contributed by atoms with van der Waals surface area (Å²) in [4.78, 5) is 4.36. The minimum absolute atomic E-state index is 0.212. The van der Waals surface area contributed by atoms with Crippen LogP contribution in [0.1, 0.15) is 16.7 Å². The van der Waals surface area contributed by atoms with Gasteiger partial charge in [-0.15, -0.1) is 0 Å². The van der Waals surface area contributed by atoms with Crippen molar-refractivity contribution in [2.75, 3.05) is 6.54 Å². The summed E-state index contributed by atoms with van der Waals surface area (Å²) in [7, 11) is 0. The lowest BCUT2D eigenvalue weighted by Crippen LogP contribution is -2.43. The highest BCUT2D eigenvalue weighted by Gasteiger charge is 2.44. The van der Waals surface area contributed by atoms with Gasteiger partial charge in [-0.3, -0.25) is 4.99 Å². The summed E-state index contributed by atoms with van der Waals surface area (Å²) in [6.07, 6.45) is 2.03. The molecule has 0 saturated carbocycles. The van der Waals surface area contributed by atoms with Crippen molar-refractivity contribution in [3.05, 3.63) is 107 Å². The number of nitrogens with zero attached hydrogens (tertiary/aromatic N) is 1. The molecule has 3 aromatic rings. The first-order chi connectivity index (χ1) is 11.8. The van der Waals surface area contributed by atoms with Crippen LogP contribution in [0.5, 0.6) is 0 Å². The highest BCUT2D eigenvalue weighted by Crippen LogP contribution is 2.46. The molecular weight excluding hydrogens is 297 g/mol. The summed E-state index contributed by atoms with van der Waals surface area (Å²) in [6.45, 7) is 0.779. The summed E-state index contributed by atoms with van der Waals surface area (Å²) >= 11 is 0. The Kier molecular flexibility index (Phi) is 3.73. The number of rotatable bonds is 4. The molecule has 0 aromatic heterocycles. The molecule has 1 aliphatic heterocycles. The third-order valence-corrected chi connectivity index (χ3v) is 4.90. The molecule has 4 rings (SSSR count). The SMILES string of the molecule is Fc1ccc(C(c2ccccc2)(c2ccccc2)C2C=NC2)cc1. The summed E-state index contributed by atoms with van der Waals surface area (Å²) in [5.41, 5.74) is 3.16. The molecule has 24 heavy (non-hydrogen) atoms. The molecule has 0 saturated heterocycles. The van der Waals surface area contributed by atoms with Crippen LogP contribution in [0.15, 0.2) is 89.9 Å². The fourth-order valence-electron chi connectivity index (χ4n) is 3.72. The first-order valence-electron chi connectivity index (χ1n) is 8.19. The van der Waals surface area contributed by atoms with Crippen LogP contribution in [0.2, 0.25) is 0 Å². The molecular formula is C22H18FN. The average Bonchev–Trinajstić information content (AvgIpc) is 2.60. The maximum atomic E-state index is 13.6. The molecule has 0 N–H and O–H groups in total. The van der Waals surface area contributed by atoms with Gasteiger partial charge in [0.25, 0.3) is 0 Å². The van der Waals surface area contributed by atoms with Crippen LogP contribution in [-0.4, -0.2) is 12.8 Å². The van der Waals surface area contributed by atoms with Crippen LogP contribution in [0.25, 0.3) is 0 Å². The van der Waals surface area contributed by atoms with Crippen LogP contribution < -0.4 is 0 Å². The van der Waals surface area contributed by atoms with E-state index in [9.17, 15) is 4.39 Å². The highest BCUT2D eigenvalue weighted by atomic mass is 19.1. The van der Waals surface area contributed by atoms with Crippen LogP contribution in [-0.2, 0) is 5.41 Å². The van der Waals surface area contributed by atoms with Gasteiger partial charge < -0.3 is 0 Å². The predicted octanol–water partition coefficient (Wildman–Crippen LogP) is 4.86. The lowest BCUT2D eigenvalue weighted by atomic mass is 9.61. The van der Waals surface area contributed by atoms with Gasteiger partial charge in [0.05, 0.1) is 5.41 Å².